The Morgan fingerprint density at radius 3 is 2.94 bits per heavy atom. The van der Waals surface area contributed by atoms with Crippen LogP contribution in [0.4, 0.5) is 4.39 Å². The van der Waals surface area contributed by atoms with Crippen LogP contribution in [-0.4, -0.2) is 13.1 Å². The minimum atomic E-state index is -0.155. The number of hydrogen-bond donors (Lipinski definition) is 2. The van der Waals surface area contributed by atoms with Crippen LogP contribution < -0.4 is 11.1 Å². The van der Waals surface area contributed by atoms with Crippen LogP contribution in [0.15, 0.2) is 18.2 Å². The first-order valence-corrected chi connectivity index (χ1v) is 5.91. The van der Waals surface area contributed by atoms with Crippen molar-refractivity contribution in [1.29, 1.82) is 0 Å². The average Bonchev–Trinajstić information content (AvgIpc) is 2.33. The molecule has 0 saturated carbocycles. The molecule has 2 rings (SSSR count). The highest BCUT2D eigenvalue weighted by atomic mass is 19.1. The Morgan fingerprint density at radius 1 is 1.50 bits per heavy atom. The minimum Gasteiger partial charge on any atom is -0.324 e. The molecule has 2 nitrogen and oxygen atoms in total. The number of halogens is 1. The van der Waals surface area contributed by atoms with E-state index in [1.165, 1.54) is 12.5 Å². The van der Waals surface area contributed by atoms with Gasteiger partial charge in [0.25, 0.3) is 0 Å². The Morgan fingerprint density at radius 2 is 2.31 bits per heavy atom. The molecule has 0 bridgehead atoms. The smallest absolute Gasteiger partial charge is 0.126 e. The van der Waals surface area contributed by atoms with E-state index in [2.05, 4.69) is 5.32 Å². The number of hydrogen-bond acceptors (Lipinski definition) is 2. The van der Waals surface area contributed by atoms with E-state index in [4.69, 9.17) is 5.73 Å². The van der Waals surface area contributed by atoms with Crippen molar-refractivity contribution in [2.24, 2.45) is 11.7 Å². The second-order valence-corrected chi connectivity index (χ2v) is 4.64. The SMILES string of the molecule is Cc1cc(C(N)C2CCCNC2)ccc1F. The van der Waals surface area contributed by atoms with Crippen LogP contribution in [0.25, 0.3) is 0 Å². The molecule has 2 atom stereocenters. The normalized spacial score (nSPS) is 23.1. The third-order valence-corrected chi connectivity index (χ3v) is 3.41. The summed E-state index contributed by atoms with van der Waals surface area (Å²) in [6.45, 7) is 3.84. The molecular weight excluding hydrogens is 203 g/mol. The summed E-state index contributed by atoms with van der Waals surface area (Å²) in [6.07, 6.45) is 2.34. The molecule has 1 saturated heterocycles. The monoisotopic (exact) mass is 222 g/mol. The Kier molecular flexibility index (Phi) is 3.56. The van der Waals surface area contributed by atoms with E-state index in [0.29, 0.717) is 11.5 Å². The van der Waals surface area contributed by atoms with Gasteiger partial charge >= 0.3 is 0 Å². The Balaban J connectivity index is 2.12. The summed E-state index contributed by atoms with van der Waals surface area (Å²) in [4.78, 5) is 0. The number of piperidine rings is 1. The number of nitrogens with one attached hydrogen (secondary N) is 1. The molecule has 0 aliphatic carbocycles. The zero-order valence-corrected chi connectivity index (χ0v) is 9.67. The van der Waals surface area contributed by atoms with Crippen LogP contribution in [0.2, 0.25) is 0 Å². The van der Waals surface area contributed by atoms with E-state index in [1.807, 2.05) is 12.1 Å². The maximum absolute atomic E-state index is 13.2. The lowest BCUT2D eigenvalue weighted by Crippen LogP contribution is -2.36. The molecule has 2 unspecified atom stereocenters. The molecule has 0 radical (unpaired) electrons. The van der Waals surface area contributed by atoms with Gasteiger partial charge in [-0.2, -0.15) is 0 Å². The van der Waals surface area contributed by atoms with Gasteiger partial charge in [0.15, 0.2) is 0 Å². The van der Waals surface area contributed by atoms with Gasteiger partial charge in [0.2, 0.25) is 0 Å². The second kappa shape index (κ2) is 4.93. The van der Waals surface area contributed by atoms with Gasteiger partial charge in [-0.3, -0.25) is 0 Å². The van der Waals surface area contributed by atoms with E-state index in [1.54, 1.807) is 6.92 Å². The van der Waals surface area contributed by atoms with Crippen LogP contribution in [0.1, 0.15) is 30.0 Å². The van der Waals surface area contributed by atoms with Crippen molar-refractivity contribution in [3.05, 3.63) is 35.1 Å². The lowest BCUT2D eigenvalue weighted by Gasteiger charge is -2.28. The van der Waals surface area contributed by atoms with E-state index in [0.717, 1.165) is 25.1 Å². The molecule has 0 amide bonds. The van der Waals surface area contributed by atoms with E-state index < -0.39 is 0 Å². The van der Waals surface area contributed by atoms with E-state index in [9.17, 15) is 4.39 Å². The summed E-state index contributed by atoms with van der Waals surface area (Å²) in [5.41, 5.74) is 7.95. The van der Waals surface area contributed by atoms with Crippen LogP contribution in [0, 0.1) is 18.7 Å². The Bertz CT molecular complexity index is 359. The second-order valence-electron chi connectivity index (χ2n) is 4.64. The van der Waals surface area contributed by atoms with Gasteiger partial charge in [0.1, 0.15) is 5.82 Å². The summed E-state index contributed by atoms with van der Waals surface area (Å²) in [7, 11) is 0. The number of rotatable bonds is 2. The summed E-state index contributed by atoms with van der Waals surface area (Å²) < 4.78 is 13.2. The fourth-order valence-electron chi connectivity index (χ4n) is 2.33. The summed E-state index contributed by atoms with van der Waals surface area (Å²) in [5.74, 6) is 0.316. The lowest BCUT2D eigenvalue weighted by molar-refractivity contribution is 0.326. The standard InChI is InChI=1S/C13H19FN2/c1-9-7-10(4-5-12(9)14)13(15)11-3-2-6-16-8-11/h4-5,7,11,13,16H,2-3,6,8,15H2,1H3. The first-order valence-electron chi connectivity index (χ1n) is 5.91. The number of aryl methyl sites for hydroxylation is 1. The lowest BCUT2D eigenvalue weighted by atomic mass is 9.87. The molecule has 0 spiro atoms. The molecule has 1 heterocycles. The van der Waals surface area contributed by atoms with Gasteiger partial charge in [-0.1, -0.05) is 12.1 Å². The fraction of sp³-hybridized carbons (Fsp3) is 0.538. The van der Waals surface area contributed by atoms with Crippen molar-refractivity contribution in [2.45, 2.75) is 25.8 Å². The molecule has 1 aliphatic rings. The van der Waals surface area contributed by atoms with Crippen molar-refractivity contribution in [3.8, 4) is 0 Å². The van der Waals surface area contributed by atoms with Crippen molar-refractivity contribution in [2.75, 3.05) is 13.1 Å². The highest BCUT2D eigenvalue weighted by molar-refractivity contribution is 5.26. The zero-order chi connectivity index (χ0) is 11.5. The molecule has 1 fully saturated rings. The predicted molar refractivity (Wildman–Crippen MR) is 63.7 cm³/mol. The van der Waals surface area contributed by atoms with Crippen molar-refractivity contribution in [1.82, 2.24) is 5.32 Å². The van der Waals surface area contributed by atoms with Crippen molar-refractivity contribution >= 4 is 0 Å². The topological polar surface area (TPSA) is 38.0 Å². The van der Waals surface area contributed by atoms with E-state index in [-0.39, 0.29) is 11.9 Å². The van der Waals surface area contributed by atoms with Gasteiger partial charge in [0, 0.05) is 6.04 Å². The molecule has 0 aromatic heterocycles. The number of benzene rings is 1. The van der Waals surface area contributed by atoms with Gasteiger partial charge < -0.3 is 11.1 Å². The Hall–Kier alpha value is -0.930. The molecule has 16 heavy (non-hydrogen) atoms. The van der Waals surface area contributed by atoms with Gasteiger partial charge in [-0.15, -0.1) is 0 Å². The maximum atomic E-state index is 13.2. The first kappa shape index (κ1) is 11.6. The zero-order valence-electron chi connectivity index (χ0n) is 9.67. The van der Waals surface area contributed by atoms with Crippen molar-refractivity contribution < 1.29 is 4.39 Å². The van der Waals surface area contributed by atoms with Gasteiger partial charge in [-0.05, 0) is 56.0 Å². The maximum Gasteiger partial charge on any atom is 0.126 e. The number of nitrogens with two attached hydrogens (primary N) is 1. The molecule has 3 heteroatoms. The predicted octanol–water partition coefficient (Wildman–Crippen LogP) is 2.13. The average molecular weight is 222 g/mol. The first-order chi connectivity index (χ1) is 7.68. The molecule has 3 N–H and O–H groups in total. The quantitative estimate of drug-likeness (QED) is 0.804. The third-order valence-electron chi connectivity index (χ3n) is 3.41. The molecule has 1 aromatic carbocycles. The fourth-order valence-corrected chi connectivity index (χ4v) is 2.33. The van der Waals surface area contributed by atoms with Gasteiger partial charge in [0.05, 0.1) is 0 Å². The largest absolute Gasteiger partial charge is 0.324 e. The van der Waals surface area contributed by atoms with Crippen LogP contribution >= 0.6 is 0 Å². The summed E-state index contributed by atoms with van der Waals surface area (Å²) in [6, 6.07) is 5.21. The van der Waals surface area contributed by atoms with E-state index >= 15 is 0 Å². The Labute approximate surface area is 96.0 Å². The van der Waals surface area contributed by atoms with Crippen molar-refractivity contribution in [3.63, 3.8) is 0 Å². The minimum absolute atomic E-state index is 0.0205. The molecule has 1 aliphatic heterocycles. The molecule has 88 valence electrons. The summed E-state index contributed by atoms with van der Waals surface area (Å²) in [5, 5.41) is 3.36. The van der Waals surface area contributed by atoms with Gasteiger partial charge in [-0.25, -0.2) is 4.39 Å². The summed E-state index contributed by atoms with van der Waals surface area (Å²) >= 11 is 0. The van der Waals surface area contributed by atoms with Crippen LogP contribution in [0.3, 0.4) is 0 Å². The van der Waals surface area contributed by atoms with Crippen LogP contribution in [0.5, 0.6) is 0 Å². The third kappa shape index (κ3) is 2.42. The highest BCUT2D eigenvalue weighted by Gasteiger charge is 2.21. The highest BCUT2D eigenvalue weighted by Crippen LogP contribution is 2.26. The van der Waals surface area contributed by atoms with Crippen LogP contribution in [-0.2, 0) is 0 Å². The molecular formula is C13H19FN2. The molecule has 1 aromatic rings.